The molecular weight excluding hydrogens is 323 g/mol. The molecule has 0 unspecified atom stereocenters. The third-order valence-electron chi connectivity index (χ3n) is 3.50. The number of rotatable bonds is 2. The largest absolute Gasteiger partial charge is 0.326 e. The highest BCUT2D eigenvalue weighted by Crippen LogP contribution is 2.34. The first kappa shape index (κ1) is 14.9. The number of halogens is 2. The molecule has 0 bridgehead atoms. The number of benzene rings is 2. The molecule has 4 nitrogen and oxygen atoms in total. The summed E-state index contributed by atoms with van der Waals surface area (Å²) in [5.74, 6) is -1.03. The molecule has 3 rings (SSSR count). The number of hydrogen-bond acceptors (Lipinski definition) is 2. The number of hydrogen-bond donors (Lipinski definition) is 2. The third kappa shape index (κ3) is 2.93. The fraction of sp³-hybridized carbons (Fsp3) is 0.125. The van der Waals surface area contributed by atoms with Crippen molar-refractivity contribution in [3.05, 3.63) is 58.1 Å². The molecule has 0 aliphatic carbocycles. The number of nitrogens with one attached hydrogen (secondary N) is 2. The van der Waals surface area contributed by atoms with Gasteiger partial charge in [-0.3, -0.25) is 9.59 Å². The molecule has 0 saturated heterocycles. The Kier molecular flexibility index (Phi) is 4.05. The van der Waals surface area contributed by atoms with Crippen LogP contribution >= 0.6 is 23.2 Å². The topological polar surface area (TPSA) is 58.2 Å². The van der Waals surface area contributed by atoms with Gasteiger partial charge in [-0.15, -0.1) is 0 Å². The van der Waals surface area contributed by atoms with Crippen molar-refractivity contribution in [3.63, 3.8) is 0 Å². The molecule has 2 aromatic rings. The first-order valence-electron chi connectivity index (χ1n) is 6.69. The van der Waals surface area contributed by atoms with Gasteiger partial charge in [0.2, 0.25) is 11.8 Å². The normalized spacial score (nSPS) is 16.6. The Balaban J connectivity index is 1.89. The lowest BCUT2D eigenvalue weighted by atomic mass is 9.90. The summed E-state index contributed by atoms with van der Waals surface area (Å²) in [5, 5.41) is 6.38. The molecule has 0 saturated carbocycles. The van der Waals surface area contributed by atoms with E-state index in [0.717, 1.165) is 5.56 Å². The van der Waals surface area contributed by atoms with Crippen LogP contribution in [-0.2, 0) is 9.59 Å². The van der Waals surface area contributed by atoms with E-state index in [4.69, 9.17) is 23.2 Å². The summed E-state index contributed by atoms with van der Waals surface area (Å²) in [7, 11) is 0. The maximum Gasteiger partial charge on any atom is 0.232 e. The van der Waals surface area contributed by atoms with Crippen LogP contribution < -0.4 is 10.6 Å². The molecular formula is C16H12Cl2N2O2. The molecule has 1 atom stereocenters. The first-order chi connectivity index (χ1) is 10.5. The Morgan fingerprint density at radius 1 is 1.18 bits per heavy atom. The summed E-state index contributed by atoms with van der Waals surface area (Å²) in [6.45, 7) is 0. The Morgan fingerprint density at radius 3 is 2.77 bits per heavy atom. The van der Waals surface area contributed by atoms with Gasteiger partial charge in [-0.05, 0) is 29.8 Å². The van der Waals surface area contributed by atoms with Gasteiger partial charge in [0.05, 0.1) is 16.6 Å². The summed E-state index contributed by atoms with van der Waals surface area (Å²) in [4.78, 5) is 24.3. The van der Waals surface area contributed by atoms with Crippen LogP contribution in [0.4, 0.5) is 11.4 Å². The van der Waals surface area contributed by atoms with Crippen LogP contribution in [0.25, 0.3) is 0 Å². The summed E-state index contributed by atoms with van der Waals surface area (Å²) in [6, 6.07) is 12.1. The monoisotopic (exact) mass is 334 g/mol. The van der Waals surface area contributed by atoms with Crippen molar-refractivity contribution in [3.8, 4) is 0 Å². The number of carbonyl (C=O) groups excluding carboxylic acids is 2. The predicted molar refractivity (Wildman–Crippen MR) is 87.5 cm³/mol. The summed E-state index contributed by atoms with van der Waals surface area (Å²) in [6.07, 6.45) is 0.0982. The molecule has 1 heterocycles. The lowest BCUT2D eigenvalue weighted by molar-refractivity contribution is -0.123. The SMILES string of the molecule is O=C1C[C@@H](C(=O)Nc2cc(Cl)ccc2Cl)c2ccccc2N1. The van der Waals surface area contributed by atoms with Gasteiger partial charge >= 0.3 is 0 Å². The number of carbonyl (C=O) groups is 2. The second kappa shape index (κ2) is 5.99. The van der Waals surface area contributed by atoms with Gasteiger partial charge in [-0.1, -0.05) is 41.4 Å². The van der Waals surface area contributed by atoms with E-state index in [1.54, 1.807) is 24.3 Å². The van der Waals surface area contributed by atoms with Crippen molar-refractivity contribution in [2.24, 2.45) is 0 Å². The van der Waals surface area contributed by atoms with Crippen LogP contribution in [0, 0.1) is 0 Å². The van der Waals surface area contributed by atoms with Crippen molar-refractivity contribution >= 4 is 46.4 Å². The molecule has 1 aliphatic rings. The minimum Gasteiger partial charge on any atom is -0.326 e. The van der Waals surface area contributed by atoms with E-state index >= 15 is 0 Å². The van der Waals surface area contributed by atoms with Crippen molar-refractivity contribution in [2.45, 2.75) is 12.3 Å². The van der Waals surface area contributed by atoms with Gasteiger partial charge < -0.3 is 10.6 Å². The van der Waals surface area contributed by atoms with Gasteiger partial charge in [0.25, 0.3) is 0 Å². The summed E-state index contributed by atoms with van der Waals surface area (Å²) < 4.78 is 0. The minimum absolute atomic E-state index is 0.0982. The average Bonchev–Trinajstić information content (AvgIpc) is 2.50. The van der Waals surface area contributed by atoms with Crippen LogP contribution in [0.5, 0.6) is 0 Å². The van der Waals surface area contributed by atoms with Crippen LogP contribution in [0.3, 0.4) is 0 Å². The zero-order valence-electron chi connectivity index (χ0n) is 11.4. The Bertz CT molecular complexity index is 762. The van der Waals surface area contributed by atoms with Crippen LogP contribution in [0.2, 0.25) is 10.0 Å². The molecule has 0 aromatic heterocycles. The Morgan fingerprint density at radius 2 is 1.95 bits per heavy atom. The van der Waals surface area contributed by atoms with Crippen molar-refractivity contribution in [1.29, 1.82) is 0 Å². The lowest BCUT2D eigenvalue weighted by Gasteiger charge is -2.24. The van der Waals surface area contributed by atoms with E-state index in [0.29, 0.717) is 21.4 Å². The summed E-state index contributed by atoms with van der Waals surface area (Å²) in [5.41, 5.74) is 1.89. The van der Waals surface area contributed by atoms with E-state index in [2.05, 4.69) is 10.6 Å². The van der Waals surface area contributed by atoms with Gasteiger partial charge in [0, 0.05) is 17.1 Å². The minimum atomic E-state index is -0.556. The third-order valence-corrected chi connectivity index (χ3v) is 4.07. The standard InChI is InChI=1S/C16H12Cl2N2O2/c17-9-5-6-12(18)14(7-9)20-16(22)11-8-15(21)19-13-4-2-1-3-10(11)13/h1-7,11H,8H2,(H,19,21)(H,20,22)/t11-/m1/s1. The molecule has 0 radical (unpaired) electrons. The van der Waals surface area contributed by atoms with E-state index in [1.807, 2.05) is 18.2 Å². The van der Waals surface area contributed by atoms with E-state index in [1.165, 1.54) is 0 Å². The highest BCUT2D eigenvalue weighted by atomic mass is 35.5. The number of fused-ring (bicyclic) bond motifs is 1. The number of para-hydroxylation sites is 1. The van der Waals surface area contributed by atoms with Gasteiger partial charge in [-0.25, -0.2) is 0 Å². The maximum atomic E-state index is 12.5. The van der Waals surface area contributed by atoms with E-state index in [9.17, 15) is 9.59 Å². The van der Waals surface area contributed by atoms with Crippen molar-refractivity contribution in [2.75, 3.05) is 10.6 Å². The fourth-order valence-corrected chi connectivity index (χ4v) is 2.80. The predicted octanol–water partition coefficient (Wildman–Crippen LogP) is 4.06. The molecule has 6 heteroatoms. The van der Waals surface area contributed by atoms with Gasteiger partial charge in [0.15, 0.2) is 0 Å². The lowest BCUT2D eigenvalue weighted by Crippen LogP contribution is -2.30. The molecule has 0 spiro atoms. The van der Waals surface area contributed by atoms with Gasteiger partial charge in [0.1, 0.15) is 0 Å². The quantitative estimate of drug-likeness (QED) is 0.870. The van der Waals surface area contributed by atoms with Crippen molar-refractivity contribution < 1.29 is 9.59 Å². The van der Waals surface area contributed by atoms with Gasteiger partial charge in [-0.2, -0.15) is 0 Å². The van der Waals surface area contributed by atoms with Crippen LogP contribution in [0.15, 0.2) is 42.5 Å². The van der Waals surface area contributed by atoms with Crippen LogP contribution in [0.1, 0.15) is 17.9 Å². The molecule has 22 heavy (non-hydrogen) atoms. The van der Waals surface area contributed by atoms with E-state index < -0.39 is 5.92 Å². The molecule has 2 amide bonds. The smallest absolute Gasteiger partial charge is 0.232 e. The molecule has 0 fully saturated rings. The second-order valence-electron chi connectivity index (χ2n) is 5.01. The highest BCUT2D eigenvalue weighted by molar-refractivity contribution is 6.35. The molecule has 2 N–H and O–H groups in total. The zero-order chi connectivity index (χ0) is 15.7. The average molecular weight is 335 g/mol. The van der Waals surface area contributed by atoms with E-state index in [-0.39, 0.29) is 18.2 Å². The molecule has 2 aromatic carbocycles. The summed E-state index contributed by atoms with van der Waals surface area (Å²) >= 11 is 12.0. The maximum absolute atomic E-state index is 12.5. The second-order valence-corrected chi connectivity index (χ2v) is 5.85. The number of amides is 2. The molecule has 112 valence electrons. The highest BCUT2D eigenvalue weighted by Gasteiger charge is 2.30. The van der Waals surface area contributed by atoms with Crippen molar-refractivity contribution in [1.82, 2.24) is 0 Å². The zero-order valence-corrected chi connectivity index (χ0v) is 12.9. The Hall–Kier alpha value is -2.04. The first-order valence-corrected chi connectivity index (χ1v) is 7.45. The Labute approximate surface area is 137 Å². The number of anilines is 2. The fourth-order valence-electron chi connectivity index (χ4n) is 2.46. The molecule has 1 aliphatic heterocycles. The van der Waals surface area contributed by atoms with Crippen LogP contribution in [-0.4, -0.2) is 11.8 Å².